The first-order valence-electron chi connectivity index (χ1n) is 5.49. The third-order valence-corrected chi connectivity index (χ3v) is 2.52. The van der Waals surface area contributed by atoms with E-state index in [9.17, 15) is 9.90 Å². The SMILES string of the molecule is Cc1cccnc1CNC(=O)c1cncc(O)c1. The van der Waals surface area contributed by atoms with E-state index in [2.05, 4.69) is 15.3 Å². The maximum Gasteiger partial charge on any atom is 0.253 e. The molecular formula is C13H13N3O2. The second-order valence-electron chi connectivity index (χ2n) is 3.88. The number of nitrogens with zero attached hydrogens (tertiary/aromatic N) is 2. The second-order valence-corrected chi connectivity index (χ2v) is 3.88. The molecule has 1 amide bonds. The molecule has 0 saturated heterocycles. The maximum atomic E-state index is 11.8. The first kappa shape index (κ1) is 12.0. The molecule has 2 aromatic heterocycles. The number of aryl methyl sites for hydroxylation is 1. The third-order valence-electron chi connectivity index (χ3n) is 2.52. The van der Waals surface area contributed by atoms with Crippen LogP contribution in [0.2, 0.25) is 0 Å². The molecular weight excluding hydrogens is 230 g/mol. The zero-order valence-electron chi connectivity index (χ0n) is 9.92. The number of amides is 1. The van der Waals surface area contributed by atoms with E-state index in [4.69, 9.17) is 0 Å². The predicted octanol–water partition coefficient (Wildman–Crippen LogP) is 1.42. The van der Waals surface area contributed by atoms with Crippen LogP contribution in [0.5, 0.6) is 5.75 Å². The van der Waals surface area contributed by atoms with Gasteiger partial charge in [0.2, 0.25) is 0 Å². The molecule has 2 rings (SSSR count). The van der Waals surface area contributed by atoms with E-state index in [1.807, 2.05) is 19.1 Å². The van der Waals surface area contributed by atoms with Gasteiger partial charge in [-0.25, -0.2) is 0 Å². The Balaban J connectivity index is 2.03. The van der Waals surface area contributed by atoms with Crippen LogP contribution in [0.1, 0.15) is 21.6 Å². The highest BCUT2D eigenvalue weighted by molar-refractivity contribution is 5.94. The highest BCUT2D eigenvalue weighted by Crippen LogP contribution is 2.09. The standard InChI is InChI=1S/C13H13N3O2/c1-9-3-2-4-15-12(9)8-16-13(18)10-5-11(17)7-14-6-10/h2-7,17H,8H2,1H3,(H,16,18). The van der Waals surface area contributed by atoms with Crippen molar-refractivity contribution in [3.05, 3.63) is 53.6 Å². The summed E-state index contributed by atoms with van der Waals surface area (Å²) in [6, 6.07) is 5.15. The van der Waals surface area contributed by atoms with Gasteiger partial charge in [-0.05, 0) is 24.6 Å². The van der Waals surface area contributed by atoms with Crippen LogP contribution in [0, 0.1) is 6.92 Å². The monoisotopic (exact) mass is 243 g/mol. The molecule has 0 aliphatic rings. The van der Waals surface area contributed by atoms with E-state index < -0.39 is 0 Å². The molecule has 0 aliphatic heterocycles. The fourth-order valence-electron chi connectivity index (χ4n) is 1.52. The van der Waals surface area contributed by atoms with E-state index >= 15 is 0 Å². The van der Waals surface area contributed by atoms with Crippen LogP contribution in [-0.2, 0) is 6.54 Å². The lowest BCUT2D eigenvalue weighted by molar-refractivity contribution is 0.0949. The molecule has 0 radical (unpaired) electrons. The molecule has 0 bridgehead atoms. The van der Waals surface area contributed by atoms with Gasteiger partial charge in [-0.3, -0.25) is 14.8 Å². The normalized spacial score (nSPS) is 10.1. The summed E-state index contributed by atoms with van der Waals surface area (Å²) in [5, 5.41) is 12.0. The fourth-order valence-corrected chi connectivity index (χ4v) is 1.52. The van der Waals surface area contributed by atoms with Gasteiger partial charge in [-0.15, -0.1) is 0 Å². The molecule has 0 aliphatic carbocycles. The number of nitrogens with one attached hydrogen (secondary N) is 1. The molecule has 2 heterocycles. The smallest absolute Gasteiger partial charge is 0.253 e. The van der Waals surface area contributed by atoms with Gasteiger partial charge >= 0.3 is 0 Å². The number of carbonyl (C=O) groups excluding carboxylic acids is 1. The van der Waals surface area contributed by atoms with Gasteiger partial charge in [0.05, 0.1) is 24.0 Å². The number of carbonyl (C=O) groups is 1. The van der Waals surface area contributed by atoms with Crippen molar-refractivity contribution >= 4 is 5.91 Å². The van der Waals surface area contributed by atoms with Crippen molar-refractivity contribution in [2.75, 3.05) is 0 Å². The molecule has 0 atom stereocenters. The summed E-state index contributed by atoms with van der Waals surface area (Å²) >= 11 is 0. The first-order valence-corrected chi connectivity index (χ1v) is 5.49. The predicted molar refractivity (Wildman–Crippen MR) is 66.0 cm³/mol. The Hall–Kier alpha value is -2.43. The van der Waals surface area contributed by atoms with Crippen molar-refractivity contribution in [3.63, 3.8) is 0 Å². The van der Waals surface area contributed by atoms with E-state index in [0.717, 1.165) is 11.3 Å². The van der Waals surface area contributed by atoms with Crippen molar-refractivity contribution in [1.82, 2.24) is 15.3 Å². The van der Waals surface area contributed by atoms with Gasteiger partial charge in [-0.1, -0.05) is 6.07 Å². The van der Waals surface area contributed by atoms with Crippen molar-refractivity contribution in [3.8, 4) is 5.75 Å². The molecule has 0 fully saturated rings. The number of rotatable bonds is 3. The molecule has 0 aromatic carbocycles. The van der Waals surface area contributed by atoms with Crippen LogP contribution in [0.4, 0.5) is 0 Å². The number of aromatic nitrogens is 2. The second kappa shape index (κ2) is 5.27. The Morgan fingerprint density at radius 2 is 2.28 bits per heavy atom. The summed E-state index contributed by atoms with van der Waals surface area (Å²) in [6.07, 6.45) is 4.37. The molecule has 0 spiro atoms. The zero-order chi connectivity index (χ0) is 13.0. The largest absolute Gasteiger partial charge is 0.506 e. The van der Waals surface area contributed by atoms with E-state index in [1.165, 1.54) is 18.5 Å². The van der Waals surface area contributed by atoms with Crippen LogP contribution < -0.4 is 5.32 Å². The van der Waals surface area contributed by atoms with Crippen LogP contribution in [0.15, 0.2) is 36.8 Å². The van der Waals surface area contributed by atoms with E-state index in [-0.39, 0.29) is 11.7 Å². The molecule has 2 N–H and O–H groups in total. The van der Waals surface area contributed by atoms with E-state index in [0.29, 0.717) is 12.1 Å². The van der Waals surface area contributed by atoms with Crippen molar-refractivity contribution < 1.29 is 9.90 Å². The fraction of sp³-hybridized carbons (Fsp3) is 0.154. The maximum absolute atomic E-state index is 11.8. The molecule has 0 unspecified atom stereocenters. The number of hydrogen-bond donors (Lipinski definition) is 2. The van der Waals surface area contributed by atoms with Gasteiger partial charge in [0, 0.05) is 12.4 Å². The molecule has 92 valence electrons. The van der Waals surface area contributed by atoms with Gasteiger partial charge in [-0.2, -0.15) is 0 Å². The van der Waals surface area contributed by atoms with Crippen LogP contribution >= 0.6 is 0 Å². The average Bonchev–Trinajstić information content (AvgIpc) is 2.37. The summed E-state index contributed by atoms with van der Waals surface area (Å²) in [6.45, 7) is 2.28. The summed E-state index contributed by atoms with van der Waals surface area (Å²) in [4.78, 5) is 19.7. The molecule has 5 heteroatoms. The Morgan fingerprint density at radius 3 is 3.00 bits per heavy atom. The zero-order valence-corrected chi connectivity index (χ0v) is 9.92. The minimum atomic E-state index is -0.288. The quantitative estimate of drug-likeness (QED) is 0.855. The Morgan fingerprint density at radius 1 is 1.44 bits per heavy atom. The number of pyridine rings is 2. The minimum absolute atomic E-state index is 0.0309. The lowest BCUT2D eigenvalue weighted by atomic mass is 10.2. The lowest BCUT2D eigenvalue weighted by Crippen LogP contribution is -2.23. The van der Waals surface area contributed by atoms with Crippen molar-refractivity contribution in [1.29, 1.82) is 0 Å². The Kier molecular flexibility index (Phi) is 3.52. The molecule has 2 aromatic rings. The third kappa shape index (κ3) is 2.82. The first-order chi connectivity index (χ1) is 8.66. The highest BCUT2D eigenvalue weighted by atomic mass is 16.3. The van der Waals surface area contributed by atoms with Crippen LogP contribution in [-0.4, -0.2) is 21.0 Å². The van der Waals surface area contributed by atoms with Crippen LogP contribution in [0.25, 0.3) is 0 Å². The highest BCUT2D eigenvalue weighted by Gasteiger charge is 2.07. The minimum Gasteiger partial charge on any atom is -0.506 e. The van der Waals surface area contributed by atoms with Gasteiger partial charge in [0.25, 0.3) is 5.91 Å². The molecule has 0 saturated carbocycles. The molecule has 18 heavy (non-hydrogen) atoms. The van der Waals surface area contributed by atoms with Gasteiger partial charge in [0.1, 0.15) is 5.75 Å². The van der Waals surface area contributed by atoms with Crippen molar-refractivity contribution in [2.45, 2.75) is 13.5 Å². The van der Waals surface area contributed by atoms with Crippen molar-refractivity contribution in [2.24, 2.45) is 0 Å². The van der Waals surface area contributed by atoms with Crippen LogP contribution in [0.3, 0.4) is 0 Å². The summed E-state index contributed by atoms with van der Waals surface area (Å²) in [5.74, 6) is -0.319. The number of aromatic hydroxyl groups is 1. The summed E-state index contributed by atoms with van der Waals surface area (Å²) in [5.41, 5.74) is 2.16. The number of hydrogen-bond acceptors (Lipinski definition) is 4. The topological polar surface area (TPSA) is 75.1 Å². The lowest BCUT2D eigenvalue weighted by Gasteiger charge is -2.06. The van der Waals surface area contributed by atoms with Gasteiger partial charge < -0.3 is 10.4 Å². The summed E-state index contributed by atoms with van der Waals surface area (Å²) in [7, 11) is 0. The Labute approximate surface area is 105 Å². The average molecular weight is 243 g/mol. The van der Waals surface area contributed by atoms with E-state index in [1.54, 1.807) is 6.20 Å². The Bertz CT molecular complexity index is 570. The summed E-state index contributed by atoms with van der Waals surface area (Å²) < 4.78 is 0. The molecule has 5 nitrogen and oxygen atoms in total. The van der Waals surface area contributed by atoms with Gasteiger partial charge in [0.15, 0.2) is 0 Å².